The molecule has 0 spiro atoms. The highest BCUT2D eigenvalue weighted by molar-refractivity contribution is 5.90. The van der Waals surface area contributed by atoms with Crippen LogP contribution in [0.5, 0.6) is 11.5 Å². The van der Waals surface area contributed by atoms with Gasteiger partial charge < -0.3 is 15.2 Å². The number of hydrogen-bond acceptors (Lipinski definition) is 7. The van der Waals surface area contributed by atoms with Gasteiger partial charge in [0.2, 0.25) is 0 Å². The molecule has 0 aliphatic heterocycles. The molecule has 2 aromatic heterocycles. The fourth-order valence-electron chi connectivity index (χ4n) is 3.70. The summed E-state index contributed by atoms with van der Waals surface area (Å²) in [6, 6.07) is 22.9. The molecule has 34 heavy (non-hydrogen) atoms. The highest BCUT2D eigenvalue weighted by Gasteiger charge is 2.21. The third-order valence-corrected chi connectivity index (χ3v) is 5.25. The highest BCUT2D eigenvalue weighted by Crippen LogP contribution is 2.26. The zero-order chi connectivity index (χ0) is 23.7. The number of methoxy groups -OCH3 is 1. The Morgan fingerprint density at radius 1 is 0.853 bits per heavy atom. The summed E-state index contributed by atoms with van der Waals surface area (Å²) in [7, 11) is 1.30. The fourth-order valence-corrected chi connectivity index (χ4v) is 3.70. The van der Waals surface area contributed by atoms with Crippen molar-refractivity contribution in [3.8, 4) is 22.9 Å². The summed E-state index contributed by atoms with van der Waals surface area (Å²) in [5.74, 6) is 0.949. The molecule has 5 aromatic rings. The number of nitrogens with two attached hydrogens (primary N) is 1. The number of aromatic nitrogens is 4. The van der Waals surface area contributed by atoms with Gasteiger partial charge in [-0.2, -0.15) is 0 Å². The van der Waals surface area contributed by atoms with Crippen molar-refractivity contribution in [3.05, 3.63) is 101 Å². The van der Waals surface area contributed by atoms with Gasteiger partial charge in [-0.25, -0.2) is 24.1 Å². The van der Waals surface area contributed by atoms with E-state index in [1.54, 1.807) is 48.5 Å². The van der Waals surface area contributed by atoms with Gasteiger partial charge in [-0.3, -0.25) is 4.57 Å². The molecule has 0 radical (unpaired) electrons. The predicted octanol–water partition coefficient (Wildman–Crippen LogP) is 3.73. The van der Waals surface area contributed by atoms with E-state index >= 15 is 0 Å². The number of hydrogen-bond donors (Lipinski definition) is 1. The summed E-state index contributed by atoms with van der Waals surface area (Å²) in [4.78, 5) is 34.0. The maximum atomic E-state index is 13.6. The average molecular weight is 453 g/mol. The first kappa shape index (κ1) is 21.0. The Hall–Kier alpha value is -4.92. The average Bonchev–Trinajstić information content (AvgIpc) is 3.17. The van der Waals surface area contributed by atoms with Gasteiger partial charge in [0.1, 0.15) is 23.3 Å². The van der Waals surface area contributed by atoms with Gasteiger partial charge in [0.05, 0.1) is 24.0 Å². The number of carbonyl (C=O) groups is 1. The molecule has 0 aliphatic rings. The Kier molecular flexibility index (Phi) is 5.27. The lowest BCUT2D eigenvalue weighted by molar-refractivity contribution is 0.0600. The van der Waals surface area contributed by atoms with Crippen molar-refractivity contribution in [2.45, 2.75) is 0 Å². The molecule has 0 bridgehead atoms. The SMILES string of the molecule is COC(=O)c1cccc(-n2c(=O)n(-c3ccc(Oc4ccccc4)cc3)c3c(N)ncnc32)c1. The van der Waals surface area contributed by atoms with E-state index in [-0.39, 0.29) is 5.82 Å². The van der Waals surface area contributed by atoms with Crippen molar-refractivity contribution in [3.63, 3.8) is 0 Å². The number of ether oxygens (including phenoxy) is 2. The quantitative estimate of drug-likeness (QED) is 0.403. The van der Waals surface area contributed by atoms with E-state index in [1.165, 1.54) is 22.6 Å². The monoisotopic (exact) mass is 453 g/mol. The van der Waals surface area contributed by atoms with Gasteiger partial charge in [0, 0.05) is 0 Å². The highest BCUT2D eigenvalue weighted by atomic mass is 16.5. The molecule has 2 heterocycles. The molecule has 0 amide bonds. The summed E-state index contributed by atoms with van der Waals surface area (Å²) in [6.07, 6.45) is 1.29. The Morgan fingerprint density at radius 3 is 2.32 bits per heavy atom. The standard InChI is InChI=1S/C25H19N5O4/c1-33-24(31)16-6-5-7-18(14-16)30-23-21(22(26)27-15-28-23)29(25(30)32)17-10-12-20(13-11-17)34-19-8-3-2-4-9-19/h2-15H,1H3,(H2,26,27,28). The number of nitrogens with zero attached hydrogens (tertiary/aromatic N) is 4. The number of esters is 1. The summed E-state index contributed by atoms with van der Waals surface area (Å²) < 4.78 is 13.5. The summed E-state index contributed by atoms with van der Waals surface area (Å²) >= 11 is 0. The molecule has 0 atom stereocenters. The third-order valence-electron chi connectivity index (χ3n) is 5.25. The fraction of sp³-hybridized carbons (Fsp3) is 0.0400. The van der Waals surface area contributed by atoms with Crippen molar-refractivity contribution in [2.75, 3.05) is 12.8 Å². The molecule has 9 heteroatoms. The molecular formula is C25H19N5O4. The largest absolute Gasteiger partial charge is 0.465 e. The summed E-state index contributed by atoms with van der Waals surface area (Å²) in [5, 5.41) is 0. The minimum absolute atomic E-state index is 0.148. The Balaban J connectivity index is 1.64. The normalized spacial score (nSPS) is 10.9. The number of imidazole rings is 1. The van der Waals surface area contributed by atoms with E-state index in [0.717, 1.165) is 0 Å². The molecule has 0 fully saturated rings. The number of benzene rings is 3. The second-order valence-corrected chi connectivity index (χ2v) is 7.34. The zero-order valence-electron chi connectivity index (χ0n) is 18.1. The van der Waals surface area contributed by atoms with Gasteiger partial charge in [-0.15, -0.1) is 0 Å². The van der Waals surface area contributed by atoms with Crippen LogP contribution < -0.4 is 16.2 Å². The number of anilines is 1. The van der Waals surface area contributed by atoms with Crippen LogP contribution in [0.15, 0.2) is 90.0 Å². The minimum Gasteiger partial charge on any atom is -0.465 e. The van der Waals surface area contributed by atoms with E-state index in [9.17, 15) is 9.59 Å². The van der Waals surface area contributed by atoms with Crippen molar-refractivity contribution in [1.82, 2.24) is 19.1 Å². The van der Waals surface area contributed by atoms with Crippen molar-refractivity contribution in [1.29, 1.82) is 0 Å². The molecular weight excluding hydrogens is 434 g/mol. The van der Waals surface area contributed by atoms with Gasteiger partial charge >= 0.3 is 11.7 Å². The smallest absolute Gasteiger partial charge is 0.339 e. The maximum absolute atomic E-state index is 13.6. The van der Waals surface area contributed by atoms with Crippen LogP contribution in [0.2, 0.25) is 0 Å². The van der Waals surface area contributed by atoms with Crippen LogP contribution in [-0.4, -0.2) is 32.2 Å². The molecule has 2 N–H and O–H groups in total. The van der Waals surface area contributed by atoms with E-state index in [0.29, 0.717) is 39.6 Å². The van der Waals surface area contributed by atoms with E-state index in [4.69, 9.17) is 15.2 Å². The van der Waals surface area contributed by atoms with Crippen molar-refractivity contribution in [2.24, 2.45) is 0 Å². The lowest BCUT2D eigenvalue weighted by atomic mass is 10.2. The number of nitrogen functional groups attached to an aromatic ring is 1. The molecule has 0 saturated carbocycles. The molecule has 9 nitrogen and oxygen atoms in total. The first-order valence-corrected chi connectivity index (χ1v) is 10.3. The van der Waals surface area contributed by atoms with E-state index in [2.05, 4.69) is 9.97 Å². The zero-order valence-corrected chi connectivity index (χ0v) is 18.1. The van der Waals surface area contributed by atoms with Crippen LogP contribution in [0.4, 0.5) is 5.82 Å². The molecule has 3 aromatic carbocycles. The molecule has 0 saturated heterocycles. The first-order chi connectivity index (χ1) is 16.6. The number of rotatable bonds is 5. The topological polar surface area (TPSA) is 114 Å². The summed E-state index contributed by atoms with van der Waals surface area (Å²) in [5.41, 5.74) is 7.71. The van der Waals surface area contributed by atoms with Crippen LogP contribution in [0.3, 0.4) is 0 Å². The van der Waals surface area contributed by atoms with Crippen molar-refractivity contribution >= 4 is 23.0 Å². The second kappa shape index (κ2) is 8.55. The number of fused-ring (bicyclic) bond motifs is 1. The predicted molar refractivity (Wildman–Crippen MR) is 127 cm³/mol. The number of para-hydroxylation sites is 1. The maximum Gasteiger partial charge on any atom is 0.339 e. The molecule has 0 aliphatic carbocycles. The second-order valence-electron chi connectivity index (χ2n) is 7.34. The molecule has 0 unspecified atom stereocenters. The van der Waals surface area contributed by atoms with Gasteiger partial charge in [0.25, 0.3) is 0 Å². The third kappa shape index (κ3) is 3.65. The van der Waals surface area contributed by atoms with Crippen LogP contribution in [0.1, 0.15) is 10.4 Å². The van der Waals surface area contributed by atoms with Gasteiger partial charge in [-0.05, 0) is 54.6 Å². The molecule has 168 valence electrons. The summed E-state index contributed by atoms with van der Waals surface area (Å²) in [6.45, 7) is 0. The first-order valence-electron chi connectivity index (χ1n) is 10.3. The lowest BCUT2D eigenvalue weighted by Gasteiger charge is -2.08. The molecule has 5 rings (SSSR count). The Labute approximate surface area is 193 Å². The van der Waals surface area contributed by atoms with Crippen molar-refractivity contribution < 1.29 is 14.3 Å². The van der Waals surface area contributed by atoms with E-state index < -0.39 is 11.7 Å². The Morgan fingerprint density at radius 2 is 1.59 bits per heavy atom. The van der Waals surface area contributed by atoms with Crippen LogP contribution in [-0.2, 0) is 4.74 Å². The van der Waals surface area contributed by atoms with Crippen LogP contribution >= 0.6 is 0 Å². The van der Waals surface area contributed by atoms with Crippen LogP contribution in [0, 0.1) is 0 Å². The van der Waals surface area contributed by atoms with Crippen LogP contribution in [0.25, 0.3) is 22.5 Å². The van der Waals surface area contributed by atoms with E-state index in [1.807, 2.05) is 30.3 Å². The lowest BCUT2D eigenvalue weighted by Crippen LogP contribution is -2.22. The Bertz CT molecular complexity index is 1560. The number of carbonyl (C=O) groups excluding carboxylic acids is 1. The van der Waals surface area contributed by atoms with Gasteiger partial charge in [-0.1, -0.05) is 24.3 Å². The minimum atomic E-state index is -0.512. The van der Waals surface area contributed by atoms with Gasteiger partial charge in [0.15, 0.2) is 11.5 Å².